The number of hydrogen-bond acceptors (Lipinski definition) is 7. The topological polar surface area (TPSA) is 146 Å². The van der Waals surface area contributed by atoms with E-state index in [9.17, 15) is 14.4 Å². The van der Waals surface area contributed by atoms with Crippen LogP contribution in [0.2, 0.25) is 0 Å². The SMILES string of the molecule is Cc1ccc(COC(=O)[C@H](CCCCNC(=O)OC(C)(C)C)NC(=O)[C@@H](N)CCCCN)cc1. The zero-order valence-electron chi connectivity index (χ0n) is 21.0. The second-order valence-corrected chi connectivity index (χ2v) is 9.47. The highest BCUT2D eigenvalue weighted by Crippen LogP contribution is 2.10. The molecule has 2 amide bonds. The van der Waals surface area contributed by atoms with Crippen molar-refractivity contribution in [3.63, 3.8) is 0 Å². The lowest BCUT2D eigenvalue weighted by Crippen LogP contribution is -2.49. The van der Waals surface area contributed by atoms with Gasteiger partial charge < -0.3 is 31.6 Å². The molecule has 34 heavy (non-hydrogen) atoms. The Morgan fingerprint density at radius 3 is 2.26 bits per heavy atom. The molecule has 0 radical (unpaired) electrons. The van der Waals surface area contributed by atoms with Crippen LogP contribution in [0.1, 0.15) is 70.4 Å². The first-order valence-corrected chi connectivity index (χ1v) is 12.0. The van der Waals surface area contributed by atoms with Crippen molar-refractivity contribution >= 4 is 18.0 Å². The molecule has 0 aliphatic carbocycles. The number of benzene rings is 1. The van der Waals surface area contributed by atoms with Crippen LogP contribution < -0.4 is 22.1 Å². The zero-order valence-corrected chi connectivity index (χ0v) is 21.0. The number of ether oxygens (including phenoxy) is 2. The molecule has 2 atom stereocenters. The number of nitrogens with two attached hydrogens (primary N) is 2. The van der Waals surface area contributed by atoms with E-state index in [2.05, 4.69) is 10.6 Å². The normalized spacial score (nSPS) is 13.0. The Balaban J connectivity index is 2.59. The number of rotatable bonds is 14. The highest BCUT2D eigenvalue weighted by molar-refractivity contribution is 5.87. The van der Waals surface area contributed by atoms with E-state index in [0.29, 0.717) is 38.8 Å². The molecule has 1 aromatic carbocycles. The zero-order chi connectivity index (χ0) is 25.6. The summed E-state index contributed by atoms with van der Waals surface area (Å²) in [5, 5.41) is 5.42. The van der Waals surface area contributed by atoms with Crippen LogP contribution in [0.3, 0.4) is 0 Å². The van der Waals surface area contributed by atoms with Crippen LogP contribution >= 0.6 is 0 Å². The number of unbranched alkanes of at least 4 members (excludes halogenated alkanes) is 2. The lowest BCUT2D eigenvalue weighted by Gasteiger charge is -2.21. The summed E-state index contributed by atoms with van der Waals surface area (Å²) >= 11 is 0. The minimum Gasteiger partial charge on any atom is -0.459 e. The third-order valence-corrected chi connectivity index (χ3v) is 5.00. The highest BCUT2D eigenvalue weighted by atomic mass is 16.6. The monoisotopic (exact) mass is 478 g/mol. The summed E-state index contributed by atoms with van der Waals surface area (Å²) in [6.45, 7) is 8.42. The van der Waals surface area contributed by atoms with Crippen LogP contribution in [0.5, 0.6) is 0 Å². The first-order chi connectivity index (χ1) is 16.0. The van der Waals surface area contributed by atoms with Gasteiger partial charge in [0.1, 0.15) is 18.2 Å². The van der Waals surface area contributed by atoms with Gasteiger partial charge in [0.25, 0.3) is 0 Å². The van der Waals surface area contributed by atoms with Crippen LogP contribution in [0.4, 0.5) is 4.79 Å². The molecule has 9 nitrogen and oxygen atoms in total. The van der Waals surface area contributed by atoms with Crippen LogP contribution in [-0.4, -0.2) is 48.7 Å². The molecule has 1 aromatic rings. The van der Waals surface area contributed by atoms with E-state index < -0.39 is 29.7 Å². The fourth-order valence-corrected chi connectivity index (χ4v) is 3.08. The quantitative estimate of drug-likeness (QED) is 0.237. The fraction of sp³-hybridized carbons (Fsp3) is 0.640. The first kappa shape index (κ1) is 29.4. The minimum absolute atomic E-state index is 0.119. The van der Waals surface area contributed by atoms with E-state index in [-0.39, 0.29) is 12.5 Å². The molecule has 0 aliphatic heterocycles. The van der Waals surface area contributed by atoms with E-state index in [1.54, 1.807) is 20.8 Å². The highest BCUT2D eigenvalue weighted by Gasteiger charge is 2.25. The van der Waals surface area contributed by atoms with Gasteiger partial charge in [-0.1, -0.05) is 36.2 Å². The number of carbonyl (C=O) groups is 3. The summed E-state index contributed by atoms with van der Waals surface area (Å²) < 4.78 is 10.7. The van der Waals surface area contributed by atoms with Crippen LogP contribution in [0, 0.1) is 6.92 Å². The Kier molecular flexibility index (Phi) is 13.2. The van der Waals surface area contributed by atoms with Crippen molar-refractivity contribution in [3.8, 4) is 0 Å². The van der Waals surface area contributed by atoms with Gasteiger partial charge in [-0.3, -0.25) is 4.79 Å². The molecule has 0 saturated carbocycles. The maximum absolute atomic E-state index is 12.7. The second-order valence-electron chi connectivity index (χ2n) is 9.47. The molecule has 0 aliphatic rings. The number of carbonyl (C=O) groups excluding carboxylic acids is 3. The van der Waals surface area contributed by atoms with Gasteiger partial charge >= 0.3 is 12.1 Å². The molecule has 0 fully saturated rings. The second kappa shape index (κ2) is 15.3. The average Bonchev–Trinajstić information content (AvgIpc) is 2.76. The van der Waals surface area contributed by atoms with Crippen molar-refractivity contribution in [2.24, 2.45) is 11.5 Å². The summed E-state index contributed by atoms with van der Waals surface area (Å²) in [7, 11) is 0. The summed E-state index contributed by atoms with van der Waals surface area (Å²) in [6.07, 6.45) is 3.09. The van der Waals surface area contributed by atoms with Gasteiger partial charge in [0.2, 0.25) is 5.91 Å². The Labute approximate surface area is 203 Å². The van der Waals surface area contributed by atoms with Gasteiger partial charge in [0.15, 0.2) is 0 Å². The molecule has 0 heterocycles. The van der Waals surface area contributed by atoms with Crippen molar-refractivity contribution in [2.75, 3.05) is 13.1 Å². The Bertz CT molecular complexity index is 762. The van der Waals surface area contributed by atoms with Crippen molar-refractivity contribution in [1.29, 1.82) is 0 Å². The van der Waals surface area contributed by atoms with Crippen LogP contribution in [0.25, 0.3) is 0 Å². The minimum atomic E-state index is -0.819. The number of hydrogen-bond donors (Lipinski definition) is 4. The number of aryl methyl sites for hydroxylation is 1. The van der Waals surface area contributed by atoms with E-state index in [0.717, 1.165) is 24.0 Å². The molecule has 192 valence electrons. The number of amides is 2. The Morgan fingerprint density at radius 2 is 1.65 bits per heavy atom. The van der Waals surface area contributed by atoms with Crippen LogP contribution in [-0.2, 0) is 25.7 Å². The molecule has 0 aromatic heterocycles. The summed E-state index contributed by atoms with van der Waals surface area (Å²) in [4.78, 5) is 37.0. The van der Waals surface area contributed by atoms with Crippen molar-refractivity contribution in [2.45, 2.75) is 90.5 Å². The fourth-order valence-electron chi connectivity index (χ4n) is 3.08. The molecule has 0 saturated heterocycles. The van der Waals surface area contributed by atoms with Gasteiger partial charge in [-0.15, -0.1) is 0 Å². The smallest absolute Gasteiger partial charge is 0.407 e. The molecular weight excluding hydrogens is 436 g/mol. The molecule has 0 spiro atoms. The molecular formula is C25H42N4O5. The number of alkyl carbamates (subject to hydrolysis) is 1. The third kappa shape index (κ3) is 13.2. The Hall–Kier alpha value is -2.65. The van der Waals surface area contributed by atoms with E-state index in [1.807, 2.05) is 31.2 Å². The van der Waals surface area contributed by atoms with E-state index >= 15 is 0 Å². The standard InChI is InChI=1S/C25H42N4O5/c1-18-11-13-19(14-12-18)17-33-23(31)21(29-22(30)20(27)9-5-7-15-26)10-6-8-16-28-24(32)34-25(2,3)4/h11-14,20-21H,5-10,15-17,26-27H2,1-4H3,(H,28,32)(H,29,30)/t20-,21-/m0/s1. The maximum atomic E-state index is 12.7. The van der Waals surface area contributed by atoms with Gasteiger partial charge in [0.05, 0.1) is 6.04 Å². The van der Waals surface area contributed by atoms with Gasteiger partial charge in [0, 0.05) is 6.54 Å². The van der Waals surface area contributed by atoms with E-state index in [4.69, 9.17) is 20.9 Å². The van der Waals surface area contributed by atoms with E-state index in [1.165, 1.54) is 0 Å². The number of nitrogens with one attached hydrogen (secondary N) is 2. The van der Waals surface area contributed by atoms with Crippen LogP contribution in [0.15, 0.2) is 24.3 Å². The summed E-state index contributed by atoms with van der Waals surface area (Å²) in [5.74, 6) is -0.899. The van der Waals surface area contributed by atoms with Crippen molar-refractivity contribution < 1.29 is 23.9 Å². The van der Waals surface area contributed by atoms with Gasteiger partial charge in [-0.05, 0) is 71.9 Å². The predicted molar refractivity (Wildman–Crippen MR) is 132 cm³/mol. The molecule has 6 N–H and O–H groups in total. The lowest BCUT2D eigenvalue weighted by molar-refractivity contribution is -0.149. The van der Waals surface area contributed by atoms with Gasteiger partial charge in [-0.2, -0.15) is 0 Å². The predicted octanol–water partition coefficient (Wildman–Crippen LogP) is 2.67. The summed E-state index contributed by atoms with van der Waals surface area (Å²) in [6, 6.07) is 6.14. The lowest BCUT2D eigenvalue weighted by atomic mass is 10.1. The van der Waals surface area contributed by atoms with Gasteiger partial charge in [-0.25, -0.2) is 9.59 Å². The third-order valence-electron chi connectivity index (χ3n) is 5.00. The van der Waals surface area contributed by atoms with Crippen molar-refractivity contribution in [3.05, 3.63) is 35.4 Å². The molecule has 0 unspecified atom stereocenters. The largest absolute Gasteiger partial charge is 0.459 e. The molecule has 0 bridgehead atoms. The maximum Gasteiger partial charge on any atom is 0.407 e. The molecule has 9 heteroatoms. The summed E-state index contributed by atoms with van der Waals surface area (Å²) in [5.41, 5.74) is 12.9. The first-order valence-electron chi connectivity index (χ1n) is 12.0. The number of esters is 1. The average molecular weight is 479 g/mol. The molecule has 1 rings (SSSR count). The van der Waals surface area contributed by atoms with Crippen molar-refractivity contribution in [1.82, 2.24) is 10.6 Å². The Morgan fingerprint density at radius 1 is 1.00 bits per heavy atom.